The Morgan fingerprint density at radius 2 is 1.26 bits per heavy atom. The molecule has 0 N–H and O–H groups in total. The van der Waals surface area contributed by atoms with Gasteiger partial charge in [-0.05, 0) is 59.7 Å². The molecule has 0 amide bonds. The van der Waals surface area contributed by atoms with Crippen molar-refractivity contribution in [3.05, 3.63) is 151 Å². The molecule has 0 unspecified atom stereocenters. The van der Waals surface area contributed by atoms with E-state index in [0.717, 1.165) is 77.5 Å². The number of furan rings is 1. The number of rotatable bonds is 4. The van der Waals surface area contributed by atoms with Gasteiger partial charge in [-0.15, -0.1) is 0 Å². The van der Waals surface area contributed by atoms with Gasteiger partial charge in [0.05, 0.1) is 28.0 Å². The highest BCUT2D eigenvalue weighted by atomic mass is 16.3. The average molecular weight is 589 g/mol. The Morgan fingerprint density at radius 3 is 2.07 bits per heavy atom. The summed E-state index contributed by atoms with van der Waals surface area (Å²) >= 11 is 0. The summed E-state index contributed by atoms with van der Waals surface area (Å²) in [5.41, 5.74) is 10.6. The first-order valence-corrected chi connectivity index (χ1v) is 15.1. The van der Waals surface area contributed by atoms with Crippen molar-refractivity contribution < 1.29 is 4.42 Å². The van der Waals surface area contributed by atoms with Crippen LogP contribution >= 0.6 is 0 Å². The van der Waals surface area contributed by atoms with Crippen LogP contribution in [0.25, 0.3) is 83.3 Å². The summed E-state index contributed by atoms with van der Waals surface area (Å²) in [6, 6.07) is 51.4. The number of nitrogens with zero attached hydrogens (tertiary/aromatic N) is 4. The summed E-state index contributed by atoms with van der Waals surface area (Å²) in [5.74, 6) is 0.597. The molecule has 0 fully saturated rings. The van der Waals surface area contributed by atoms with E-state index in [1.54, 1.807) is 0 Å². The van der Waals surface area contributed by atoms with Gasteiger partial charge in [-0.25, -0.2) is 9.97 Å². The lowest BCUT2D eigenvalue weighted by Gasteiger charge is -2.13. The van der Waals surface area contributed by atoms with Gasteiger partial charge in [0, 0.05) is 27.3 Å². The number of para-hydroxylation sites is 2. The van der Waals surface area contributed by atoms with Crippen LogP contribution in [-0.2, 0) is 0 Å². The second kappa shape index (κ2) is 10.3. The highest BCUT2D eigenvalue weighted by Crippen LogP contribution is 2.41. The Kier molecular flexibility index (Phi) is 5.81. The lowest BCUT2D eigenvalue weighted by Crippen LogP contribution is -2.00. The first-order chi connectivity index (χ1) is 22.8. The van der Waals surface area contributed by atoms with Crippen LogP contribution in [-0.4, -0.2) is 14.5 Å². The Balaban J connectivity index is 1.33. The van der Waals surface area contributed by atoms with Crippen LogP contribution < -0.4 is 0 Å². The molecule has 0 bridgehead atoms. The van der Waals surface area contributed by atoms with E-state index < -0.39 is 0 Å². The second-order valence-electron chi connectivity index (χ2n) is 11.3. The molecule has 214 valence electrons. The number of aromatic nitrogens is 3. The van der Waals surface area contributed by atoms with Crippen molar-refractivity contribution in [2.75, 3.05) is 0 Å². The highest BCUT2D eigenvalue weighted by molar-refractivity contribution is 6.17. The standard InChI is InChI=1S/C41H24N4O/c42-25-30-20-19-29(41-43-34-17-9-7-15-31(34)38(44-41)27-13-5-2-6-14-27)24-36(30)45-35-22-21-28(26-11-3-1-4-12-26)23-33(35)40-39(45)32-16-8-10-18-37(32)46-40/h1-24H. The van der Waals surface area contributed by atoms with Crippen molar-refractivity contribution in [2.45, 2.75) is 0 Å². The first kappa shape index (κ1) is 25.9. The molecule has 0 radical (unpaired) electrons. The molecular weight excluding hydrogens is 564 g/mol. The van der Waals surface area contributed by atoms with Gasteiger partial charge in [-0.1, -0.05) is 97.1 Å². The van der Waals surface area contributed by atoms with Crippen LogP contribution in [0, 0.1) is 11.3 Å². The number of nitriles is 1. The normalized spacial score (nSPS) is 11.5. The molecule has 5 nitrogen and oxygen atoms in total. The predicted octanol–water partition coefficient (Wildman–Crippen LogP) is 10.3. The molecule has 0 aliphatic carbocycles. The van der Waals surface area contributed by atoms with E-state index in [2.05, 4.69) is 65.2 Å². The molecule has 9 aromatic rings. The molecule has 0 aliphatic heterocycles. The summed E-state index contributed by atoms with van der Waals surface area (Å²) in [4.78, 5) is 10.1. The summed E-state index contributed by atoms with van der Waals surface area (Å²) in [6.45, 7) is 0. The van der Waals surface area contributed by atoms with Gasteiger partial charge in [0.15, 0.2) is 11.4 Å². The first-order valence-electron chi connectivity index (χ1n) is 15.1. The van der Waals surface area contributed by atoms with Gasteiger partial charge in [-0.3, -0.25) is 0 Å². The Morgan fingerprint density at radius 1 is 0.565 bits per heavy atom. The maximum Gasteiger partial charge on any atom is 0.161 e. The van der Waals surface area contributed by atoms with E-state index in [1.807, 2.05) is 91.0 Å². The van der Waals surface area contributed by atoms with E-state index in [1.165, 1.54) is 0 Å². The van der Waals surface area contributed by atoms with Gasteiger partial charge in [0.1, 0.15) is 17.2 Å². The third-order valence-corrected chi connectivity index (χ3v) is 8.65. The molecule has 0 saturated heterocycles. The lowest BCUT2D eigenvalue weighted by molar-refractivity contribution is 0.673. The summed E-state index contributed by atoms with van der Waals surface area (Å²) in [6.07, 6.45) is 0. The van der Waals surface area contributed by atoms with Crippen LogP contribution in [0.3, 0.4) is 0 Å². The quantitative estimate of drug-likeness (QED) is 0.205. The van der Waals surface area contributed by atoms with E-state index in [9.17, 15) is 5.26 Å². The molecule has 3 aromatic heterocycles. The fourth-order valence-electron chi connectivity index (χ4n) is 6.50. The topological polar surface area (TPSA) is 67.6 Å². The molecular formula is C41H24N4O. The van der Waals surface area contributed by atoms with Crippen molar-refractivity contribution in [1.29, 1.82) is 5.26 Å². The monoisotopic (exact) mass is 588 g/mol. The van der Waals surface area contributed by atoms with Crippen molar-refractivity contribution in [3.63, 3.8) is 0 Å². The van der Waals surface area contributed by atoms with Crippen LogP contribution in [0.5, 0.6) is 0 Å². The third-order valence-electron chi connectivity index (χ3n) is 8.65. The van der Waals surface area contributed by atoms with Crippen molar-refractivity contribution >= 4 is 43.9 Å². The number of hydrogen-bond donors (Lipinski definition) is 0. The van der Waals surface area contributed by atoms with Crippen LogP contribution in [0.1, 0.15) is 5.56 Å². The molecule has 9 rings (SSSR count). The van der Waals surface area contributed by atoms with Crippen molar-refractivity contribution in [1.82, 2.24) is 14.5 Å². The number of hydrogen-bond acceptors (Lipinski definition) is 4. The zero-order valence-corrected chi connectivity index (χ0v) is 24.6. The van der Waals surface area contributed by atoms with Crippen molar-refractivity contribution in [3.8, 4) is 45.5 Å². The minimum absolute atomic E-state index is 0.545. The maximum absolute atomic E-state index is 10.4. The fourth-order valence-corrected chi connectivity index (χ4v) is 6.50. The van der Waals surface area contributed by atoms with Gasteiger partial charge in [0.2, 0.25) is 0 Å². The van der Waals surface area contributed by atoms with Crippen LogP contribution in [0.2, 0.25) is 0 Å². The minimum atomic E-state index is 0.545. The second-order valence-corrected chi connectivity index (χ2v) is 11.3. The zero-order valence-electron chi connectivity index (χ0n) is 24.6. The summed E-state index contributed by atoms with van der Waals surface area (Å²) < 4.78 is 8.69. The lowest BCUT2D eigenvalue weighted by atomic mass is 10.0. The van der Waals surface area contributed by atoms with E-state index in [-0.39, 0.29) is 0 Å². The minimum Gasteiger partial charge on any atom is -0.454 e. The SMILES string of the molecule is N#Cc1ccc(-c2nc(-c3ccccc3)c3ccccc3n2)cc1-n1c2ccc(-c3ccccc3)cc2c2oc3ccccc3c21. The van der Waals surface area contributed by atoms with E-state index in [0.29, 0.717) is 11.4 Å². The average Bonchev–Trinajstić information content (AvgIpc) is 3.66. The summed E-state index contributed by atoms with van der Waals surface area (Å²) in [5, 5.41) is 13.4. The Hall–Kier alpha value is -6.51. The molecule has 46 heavy (non-hydrogen) atoms. The third kappa shape index (κ3) is 4.02. The zero-order chi connectivity index (χ0) is 30.6. The maximum atomic E-state index is 10.4. The molecule has 0 saturated carbocycles. The smallest absolute Gasteiger partial charge is 0.161 e. The number of fused-ring (bicyclic) bond motifs is 6. The van der Waals surface area contributed by atoms with Gasteiger partial charge >= 0.3 is 0 Å². The summed E-state index contributed by atoms with van der Waals surface area (Å²) in [7, 11) is 0. The predicted molar refractivity (Wildman–Crippen MR) is 185 cm³/mol. The molecule has 5 heteroatoms. The van der Waals surface area contributed by atoms with Gasteiger partial charge in [-0.2, -0.15) is 5.26 Å². The number of benzene rings is 6. The van der Waals surface area contributed by atoms with Crippen LogP contribution in [0.4, 0.5) is 0 Å². The highest BCUT2D eigenvalue weighted by Gasteiger charge is 2.22. The molecule has 3 heterocycles. The molecule has 0 atom stereocenters. The fraction of sp³-hybridized carbons (Fsp3) is 0. The van der Waals surface area contributed by atoms with E-state index in [4.69, 9.17) is 14.4 Å². The van der Waals surface area contributed by atoms with Crippen molar-refractivity contribution in [2.24, 2.45) is 0 Å². The Bertz CT molecular complexity index is 2640. The van der Waals surface area contributed by atoms with Gasteiger partial charge in [0.25, 0.3) is 0 Å². The van der Waals surface area contributed by atoms with E-state index >= 15 is 0 Å². The largest absolute Gasteiger partial charge is 0.454 e. The Labute approximate surface area is 264 Å². The van der Waals surface area contributed by atoms with Crippen LogP contribution in [0.15, 0.2) is 150 Å². The molecule has 6 aromatic carbocycles. The molecule has 0 spiro atoms. The molecule has 0 aliphatic rings. The van der Waals surface area contributed by atoms with Gasteiger partial charge < -0.3 is 8.98 Å².